The summed E-state index contributed by atoms with van der Waals surface area (Å²) in [4.78, 5) is 27.7. The molecular formula is C18H26ClFN4O3. The summed E-state index contributed by atoms with van der Waals surface area (Å²) in [5, 5.41) is 5.07. The highest BCUT2D eigenvalue weighted by molar-refractivity contribution is 6.31. The molecule has 7 nitrogen and oxygen atoms in total. The second kappa shape index (κ2) is 9.23. The number of urea groups is 1. The van der Waals surface area contributed by atoms with Crippen molar-refractivity contribution in [2.75, 3.05) is 44.6 Å². The molecule has 1 fully saturated rings. The van der Waals surface area contributed by atoms with Crippen LogP contribution in [0.25, 0.3) is 0 Å². The Morgan fingerprint density at radius 1 is 1.22 bits per heavy atom. The van der Waals surface area contributed by atoms with Gasteiger partial charge in [-0.25, -0.2) is 14.0 Å². The van der Waals surface area contributed by atoms with Crippen molar-refractivity contribution >= 4 is 29.4 Å². The molecular weight excluding hydrogens is 375 g/mol. The zero-order chi connectivity index (χ0) is 20.0. The summed E-state index contributed by atoms with van der Waals surface area (Å²) >= 11 is 5.68. The van der Waals surface area contributed by atoms with Crippen molar-refractivity contribution < 1.29 is 18.7 Å². The fourth-order valence-electron chi connectivity index (χ4n) is 2.57. The van der Waals surface area contributed by atoms with Gasteiger partial charge in [0, 0.05) is 39.3 Å². The zero-order valence-corrected chi connectivity index (χ0v) is 16.6. The molecule has 150 valence electrons. The number of piperazine rings is 1. The Kier molecular flexibility index (Phi) is 7.26. The molecule has 0 atom stereocenters. The van der Waals surface area contributed by atoms with E-state index in [4.69, 9.17) is 16.3 Å². The molecule has 0 saturated carbocycles. The van der Waals surface area contributed by atoms with Crippen LogP contribution in [-0.2, 0) is 4.74 Å². The third-order valence-electron chi connectivity index (χ3n) is 3.94. The zero-order valence-electron chi connectivity index (χ0n) is 15.8. The number of halogens is 2. The smallest absolute Gasteiger partial charge is 0.410 e. The van der Waals surface area contributed by atoms with Crippen LogP contribution in [0.1, 0.15) is 20.8 Å². The van der Waals surface area contributed by atoms with E-state index in [0.29, 0.717) is 39.3 Å². The van der Waals surface area contributed by atoms with Crippen LogP contribution in [0.4, 0.5) is 19.7 Å². The van der Waals surface area contributed by atoms with Gasteiger partial charge in [-0.15, -0.1) is 0 Å². The molecule has 3 amide bonds. The van der Waals surface area contributed by atoms with Gasteiger partial charge in [0.25, 0.3) is 0 Å². The van der Waals surface area contributed by atoms with Crippen molar-refractivity contribution in [2.24, 2.45) is 0 Å². The number of rotatable bonds is 4. The first-order valence-corrected chi connectivity index (χ1v) is 9.22. The molecule has 1 aliphatic heterocycles. The van der Waals surface area contributed by atoms with Gasteiger partial charge in [-0.05, 0) is 32.9 Å². The lowest BCUT2D eigenvalue weighted by Gasteiger charge is -2.35. The van der Waals surface area contributed by atoms with E-state index in [2.05, 4.69) is 15.5 Å². The summed E-state index contributed by atoms with van der Waals surface area (Å²) in [5.74, 6) is -0.660. The Morgan fingerprint density at radius 2 is 1.89 bits per heavy atom. The quantitative estimate of drug-likeness (QED) is 0.814. The van der Waals surface area contributed by atoms with Crippen molar-refractivity contribution in [3.63, 3.8) is 0 Å². The van der Waals surface area contributed by atoms with Gasteiger partial charge in [-0.2, -0.15) is 0 Å². The van der Waals surface area contributed by atoms with Gasteiger partial charge in [0.15, 0.2) is 5.82 Å². The van der Waals surface area contributed by atoms with Gasteiger partial charge in [0.05, 0.1) is 10.7 Å². The van der Waals surface area contributed by atoms with Crippen LogP contribution >= 0.6 is 11.6 Å². The second-order valence-electron chi connectivity index (χ2n) is 7.29. The van der Waals surface area contributed by atoms with Crippen LogP contribution in [0, 0.1) is 5.82 Å². The number of hydrogen-bond donors (Lipinski definition) is 2. The molecule has 1 heterocycles. The number of nitrogens with zero attached hydrogens (tertiary/aromatic N) is 2. The third-order valence-corrected chi connectivity index (χ3v) is 4.23. The summed E-state index contributed by atoms with van der Waals surface area (Å²) in [7, 11) is 0. The first-order chi connectivity index (χ1) is 12.7. The van der Waals surface area contributed by atoms with E-state index in [1.54, 1.807) is 11.0 Å². The molecule has 1 aliphatic rings. The standard InChI is InChI=1S/C18H26ClFN4O3/c1-18(2,3)27-17(26)24-11-9-23(10-12-24)8-7-21-16(25)22-14-6-4-5-13(19)15(14)20/h4-6H,7-12H2,1-3H3,(H2,21,22,25). The van der Waals surface area contributed by atoms with Gasteiger partial charge in [-0.1, -0.05) is 17.7 Å². The van der Waals surface area contributed by atoms with Gasteiger partial charge in [-0.3, -0.25) is 4.90 Å². The van der Waals surface area contributed by atoms with E-state index in [0.717, 1.165) is 0 Å². The number of carbonyl (C=O) groups is 2. The van der Waals surface area contributed by atoms with Crippen LogP contribution in [0.3, 0.4) is 0 Å². The minimum absolute atomic E-state index is 0.0333. The Balaban J connectivity index is 1.67. The monoisotopic (exact) mass is 400 g/mol. The van der Waals surface area contributed by atoms with E-state index in [1.807, 2.05) is 20.8 Å². The van der Waals surface area contributed by atoms with E-state index in [9.17, 15) is 14.0 Å². The van der Waals surface area contributed by atoms with Crippen molar-refractivity contribution in [2.45, 2.75) is 26.4 Å². The number of ether oxygens (including phenoxy) is 1. The number of nitrogens with one attached hydrogen (secondary N) is 2. The molecule has 0 unspecified atom stereocenters. The van der Waals surface area contributed by atoms with E-state index < -0.39 is 17.4 Å². The first kappa shape index (κ1) is 21.2. The van der Waals surface area contributed by atoms with E-state index >= 15 is 0 Å². The summed E-state index contributed by atoms with van der Waals surface area (Å²) < 4.78 is 19.1. The maximum Gasteiger partial charge on any atom is 0.410 e. The number of anilines is 1. The molecule has 0 spiro atoms. The van der Waals surface area contributed by atoms with Crippen molar-refractivity contribution in [1.29, 1.82) is 0 Å². The molecule has 27 heavy (non-hydrogen) atoms. The van der Waals surface area contributed by atoms with Crippen molar-refractivity contribution in [3.05, 3.63) is 29.0 Å². The SMILES string of the molecule is CC(C)(C)OC(=O)N1CCN(CCNC(=O)Nc2cccc(Cl)c2F)CC1. The van der Waals surface area contributed by atoms with Gasteiger partial charge in [0.2, 0.25) is 0 Å². The Labute approximate surface area is 163 Å². The molecule has 9 heteroatoms. The lowest BCUT2D eigenvalue weighted by Crippen LogP contribution is -2.51. The van der Waals surface area contributed by atoms with Crippen LogP contribution in [0.2, 0.25) is 5.02 Å². The number of carbonyl (C=O) groups excluding carboxylic acids is 2. The molecule has 0 bridgehead atoms. The highest BCUT2D eigenvalue weighted by Crippen LogP contribution is 2.21. The predicted octanol–water partition coefficient (Wildman–Crippen LogP) is 3.15. The molecule has 0 radical (unpaired) electrons. The average Bonchev–Trinajstić information content (AvgIpc) is 2.58. The Morgan fingerprint density at radius 3 is 2.52 bits per heavy atom. The highest BCUT2D eigenvalue weighted by Gasteiger charge is 2.25. The largest absolute Gasteiger partial charge is 0.444 e. The summed E-state index contributed by atoms with van der Waals surface area (Å²) in [6.45, 7) is 9.11. The molecule has 0 aliphatic carbocycles. The Hall–Kier alpha value is -2.06. The Bertz CT molecular complexity index is 673. The lowest BCUT2D eigenvalue weighted by atomic mass is 10.2. The van der Waals surface area contributed by atoms with Crippen LogP contribution in [0.15, 0.2) is 18.2 Å². The molecule has 2 N–H and O–H groups in total. The van der Waals surface area contributed by atoms with Crippen molar-refractivity contribution in [3.8, 4) is 0 Å². The lowest BCUT2D eigenvalue weighted by molar-refractivity contribution is 0.0147. The topological polar surface area (TPSA) is 73.9 Å². The highest BCUT2D eigenvalue weighted by atomic mass is 35.5. The van der Waals surface area contributed by atoms with E-state index in [-0.39, 0.29) is 16.8 Å². The maximum atomic E-state index is 13.8. The summed E-state index contributed by atoms with van der Waals surface area (Å²) in [6, 6.07) is 3.92. The first-order valence-electron chi connectivity index (χ1n) is 8.85. The number of hydrogen-bond acceptors (Lipinski definition) is 4. The fraction of sp³-hybridized carbons (Fsp3) is 0.556. The molecule has 1 saturated heterocycles. The second-order valence-corrected chi connectivity index (χ2v) is 7.70. The van der Waals surface area contributed by atoms with Gasteiger partial charge in [0.1, 0.15) is 5.60 Å². The minimum atomic E-state index is -0.660. The number of benzene rings is 1. The van der Waals surface area contributed by atoms with E-state index in [1.165, 1.54) is 12.1 Å². The normalized spacial score (nSPS) is 15.4. The summed E-state index contributed by atoms with van der Waals surface area (Å²) in [6.07, 6.45) is -0.303. The average molecular weight is 401 g/mol. The molecule has 1 aromatic rings. The van der Waals surface area contributed by atoms with Gasteiger partial charge < -0.3 is 20.3 Å². The fourth-order valence-corrected chi connectivity index (χ4v) is 2.75. The molecule has 2 rings (SSSR count). The van der Waals surface area contributed by atoms with Crippen LogP contribution < -0.4 is 10.6 Å². The third kappa shape index (κ3) is 6.88. The van der Waals surface area contributed by atoms with Crippen LogP contribution in [-0.4, -0.2) is 66.8 Å². The minimum Gasteiger partial charge on any atom is -0.444 e. The summed E-state index contributed by atoms with van der Waals surface area (Å²) in [5.41, 5.74) is -0.473. The predicted molar refractivity (Wildman–Crippen MR) is 103 cm³/mol. The molecule has 1 aromatic carbocycles. The van der Waals surface area contributed by atoms with Gasteiger partial charge >= 0.3 is 12.1 Å². The van der Waals surface area contributed by atoms with Crippen LogP contribution in [0.5, 0.6) is 0 Å². The molecule has 0 aromatic heterocycles. The maximum absolute atomic E-state index is 13.8. The van der Waals surface area contributed by atoms with Crippen molar-refractivity contribution in [1.82, 2.24) is 15.1 Å². The number of amides is 3.